The molecule has 0 fully saturated rings. The smallest absolute Gasteiger partial charge is 0.176 e. The highest BCUT2D eigenvalue weighted by atomic mass is 16.5. The van der Waals surface area contributed by atoms with Crippen LogP contribution in [0.25, 0.3) is 22.2 Å². The van der Waals surface area contributed by atoms with E-state index in [4.69, 9.17) is 19.9 Å². The van der Waals surface area contributed by atoms with Gasteiger partial charge in [-0.1, -0.05) is 0 Å². The number of aryl methyl sites for hydroxylation is 2. The summed E-state index contributed by atoms with van der Waals surface area (Å²) in [5.41, 5.74) is 11.4. The van der Waals surface area contributed by atoms with Crippen LogP contribution in [0.5, 0.6) is 17.2 Å². The van der Waals surface area contributed by atoms with Crippen LogP contribution in [-0.4, -0.2) is 34.1 Å². The molecule has 0 saturated heterocycles. The molecule has 2 aromatic heterocycles. The number of aromatic amines is 1. The van der Waals surface area contributed by atoms with Gasteiger partial charge in [-0.2, -0.15) is 15.3 Å². The average molecular weight is 419 g/mol. The van der Waals surface area contributed by atoms with E-state index in [-0.39, 0.29) is 0 Å². The summed E-state index contributed by atoms with van der Waals surface area (Å²) in [5.74, 6) is 2.05. The summed E-state index contributed by atoms with van der Waals surface area (Å²) in [6, 6.07) is 11.4. The summed E-state index contributed by atoms with van der Waals surface area (Å²) >= 11 is 0. The lowest BCUT2D eigenvalue weighted by Gasteiger charge is -2.18. The minimum Gasteiger partial charge on any atom is -0.497 e. The topological polar surface area (TPSA) is 108 Å². The highest BCUT2D eigenvalue weighted by Gasteiger charge is 2.17. The molecule has 160 valence electrons. The molecule has 0 aliphatic carbocycles. The lowest BCUT2D eigenvalue weighted by atomic mass is 10.1. The van der Waals surface area contributed by atoms with E-state index in [0.29, 0.717) is 18.1 Å². The fourth-order valence-electron chi connectivity index (χ4n) is 3.61. The Labute approximate surface area is 180 Å². The van der Waals surface area contributed by atoms with Gasteiger partial charge in [0, 0.05) is 22.6 Å². The summed E-state index contributed by atoms with van der Waals surface area (Å²) in [6.45, 7) is 6.31. The zero-order valence-electron chi connectivity index (χ0n) is 18.0. The van der Waals surface area contributed by atoms with E-state index in [2.05, 4.69) is 20.4 Å². The molecular formula is C23H25N5O3. The van der Waals surface area contributed by atoms with Crippen molar-refractivity contribution in [3.8, 4) is 28.5 Å². The number of nitrogens with two attached hydrogens (primary N) is 1. The Balaban J connectivity index is 1.71. The molecule has 2 aromatic carbocycles. The number of nitrogens with one attached hydrogen (secondary N) is 1. The van der Waals surface area contributed by atoms with Crippen molar-refractivity contribution < 1.29 is 14.2 Å². The van der Waals surface area contributed by atoms with E-state index >= 15 is 0 Å². The number of rotatable bonds is 7. The Hall–Kier alpha value is -3.65. The molecule has 4 rings (SSSR count). The highest BCUT2D eigenvalue weighted by molar-refractivity contribution is 5.94. The molecule has 1 atom stereocenters. The molecule has 0 saturated carbocycles. The maximum atomic E-state index is 6.34. The van der Waals surface area contributed by atoms with Crippen molar-refractivity contribution in [2.75, 3.05) is 13.7 Å². The number of hydrogen-bond donors (Lipinski definition) is 2. The third-order valence-electron chi connectivity index (χ3n) is 5.06. The molecule has 0 bridgehead atoms. The number of methoxy groups -OCH3 is 1. The van der Waals surface area contributed by atoms with Gasteiger partial charge in [-0.05, 0) is 56.7 Å². The normalized spacial score (nSPS) is 12.0. The Bertz CT molecular complexity index is 1200. The van der Waals surface area contributed by atoms with Gasteiger partial charge in [-0.15, -0.1) is 0 Å². The first kappa shape index (κ1) is 20.6. The molecule has 2 heterocycles. The molecule has 4 aromatic rings. The first-order chi connectivity index (χ1) is 15.0. The predicted octanol–water partition coefficient (Wildman–Crippen LogP) is 4.08. The lowest BCUT2D eigenvalue weighted by Crippen LogP contribution is -2.20. The summed E-state index contributed by atoms with van der Waals surface area (Å²) in [7, 11) is 1.63. The van der Waals surface area contributed by atoms with Crippen LogP contribution in [0.4, 0.5) is 0 Å². The van der Waals surface area contributed by atoms with E-state index in [9.17, 15) is 0 Å². The maximum absolute atomic E-state index is 6.34. The van der Waals surface area contributed by atoms with Gasteiger partial charge in [0.25, 0.3) is 0 Å². The van der Waals surface area contributed by atoms with Gasteiger partial charge in [0.15, 0.2) is 6.23 Å². The number of benzene rings is 2. The first-order valence-electron chi connectivity index (χ1n) is 10.0. The lowest BCUT2D eigenvalue weighted by molar-refractivity contribution is 0.212. The molecule has 8 nitrogen and oxygen atoms in total. The van der Waals surface area contributed by atoms with Crippen molar-refractivity contribution >= 4 is 10.9 Å². The first-order valence-corrected chi connectivity index (χ1v) is 10.0. The Morgan fingerprint density at radius 1 is 1.06 bits per heavy atom. The monoisotopic (exact) mass is 419 g/mol. The predicted molar refractivity (Wildman–Crippen MR) is 118 cm³/mol. The fourth-order valence-corrected chi connectivity index (χ4v) is 3.61. The second kappa shape index (κ2) is 8.61. The molecule has 3 N–H and O–H groups in total. The number of aromatic nitrogens is 4. The van der Waals surface area contributed by atoms with Crippen LogP contribution in [0.15, 0.2) is 42.6 Å². The number of hydrogen-bond acceptors (Lipinski definition) is 7. The van der Waals surface area contributed by atoms with Crippen LogP contribution < -0.4 is 19.9 Å². The van der Waals surface area contributed by atoms with E-state index in [1.54, 1.807) is 13.3 Å². The quantitative estimate of drug-likeness (QED) is 0.435. The standard InChI is InChI=1S/C23H25N5O3/c1-5-30-18-9-15(8-17(10-18)29-4)22-19-11-16(6-7-20(19)27-28-22)31-23(24)21-13(2)12-25-26-14(21)3/h6-12,23H,5,24H2,1-4H3,(H,27,28)/t23-/m0/s1. The van der Waals surface area contributed by atoms with Crippen molar-refractivity contribution in [1.82, 2.24) is 20.4 Å². The van der Waals surface area contributed by atoms with E-state index in [0.717, 1.165) is 44.7 Å². The molecule has 0 unspecified atom stereocenters. The van der Waals surface area contributed by atoms with Gasteiger partial charge in [0.1, 0.15) is 22.9 Å². The highest BCUT2D eigenvalue weighted by Crippen LogP contribution is 2.34. The molecule has 0 aliphatic rings. The molecule has 8 heteroatoms. The minimum absolute atomic E-state index is 0.562. The van der Waals surface area contributed by atoms with Crippen LogP contribution in [0.1, 0.15) is 30.0 Å². The van der Waals surface area contributed by atoms with Crippen LogP contribution >= 0.6 is 0 Å². The van der Waals surface area contributed by atoms with Crippen molar-refractivity contribution in [3.05, 3.63) is 59.4 Å². The van der Waals surface area contributed by atoms with Gasteiger partial charge in [0.05, 0.1) is 31.1 Å². The SMILES string of the molecule is CCOc1cc(OC)cc(-c2n[nH]c3ccc(O[C@H](N)c4c(C)cnnc4C)cc23)c1. The zero-order valence-corrected chi connectivity index (χ0v) is 18.0. The van der Waals surface area contributed by atoms with Gasteiger partial charge >= 0.3 is 0 Å². The van der Waals surface area contributed by atoms with Gasteiger partial charge in [-0.3, -0.25) is 10.8 Å². The van der Waals surface area contributed by atoms with Crippen molar-refractivity contribution in [3.63, 3.8) is 0 Å². The van der Waals surface area contributed by atoms with E-state index in [1.807, 2.05) is 57.2 Å². The van der Waals surface area contributed by atoms with E-state index in [1.165, 1.54) is 0 Å². The van der Waals surface area contributed by atoms with Crippen LogP contribution in [0, 0.1) is 13.8 Å². The molecule has 0 amide bonds. The third kappa shape index (κ3) is 4.15. The third-order valence-corrected chi connectivity index (χ3v) is 5.06. The van der Waals surface area contributed by atoms with Crippen molar-refractivity contribution in [2.24, 2.45) is 5.73 Å². The maximum Gasteiger partial charge on any atom is 0.176 e. The fraction of sp³-hybridized carbons (Fsp3) is 0.261. The average Bonchev–Trinajstić information content (AvgIpc) is 3.17. The molecule has 0 radical (unpaired) electrons. The number of fused-ring (bicyclic) bond motifs is 1. The second-order valence-corrected chi connectivity index (χ2v) is 7.17. The number of nitrogens with zero attached hydrogens (tertiary/aromatic N) is 3. The summed E-state index contributed by atoms with van der Waals surface area (Å²) in [6.07, 6.45) is 1.02. The van der Waals surface area contributed by atoms with Crippen LogP contribution in [-0.2, 0) is 0 Å². The van der Waals surface area contributed by atoms with Crippen molar-refractivity contribution in [2.45, 2.75) is 27.0 Å². The number of H-pyrrole nitrogens is 1. The molecule has 0 spiro atoms. The summed E-state index contributed by atoms with van der Waals surface area (Å²) < 4.78 is 17.2. The zero-order chi connectivity index (χ0) is 22.0. The largest absolute Gasteiger partial charge is 0.497 e. The molecular weight excluding hydrogens is 394 g/mol. The Kier molecular flexibility index (Phi) is 5.73. The van der Waals surface area contributed by atoms with Crippen LogP contribution in [0.3, 0.4) is 0 Å². The second-order valence-electron chi connectivity index (χ2n) is 7.17. The van der Waals surface area contributed by atoms with Crippen LogP contribution in [0.2, 0.25) is 0 Å². The van der Waals surface area contributed by atoms with Gasteiger partial charge in [-0.25, -0.2) is 0 Å². The van der Waals surface area contributed by atoms with E-state index < -0.39 is 6.23 Å². The molecule has 31 heavy (non-hydrogen) atoms. The summed E-state index contributed by atoms with van der Waals surface area (Å²) in [4.78, 5) is 0. The summed E-state index contributed by atoms with van der Waals surface area (Å²) in [5, 5.41) is 16.5. The van der Waals surface area contributed by atoms with Gasteiger partial charge in [0.2, 0.25) is 0 Å². The van der Waals surface area contributed by atoms with Gasteiger partial charge < -0.3 is 14.2 Å². The molecule has 0 aliphatic heterocycles. The number of ether oxygens (including phenoxy) is 3. The Morgan fingerprint density at radius 3 is 2.61 bits per heavy atom. The Morgan fingerprint density at radius 2 is 1.87 bits per heavy atom. The van der Waals surface area contributed by atoms with Crippen molar-refractivity contribution in [1.29, 1.82) is 0 Å². The minimum atomic E-state index is -0.662.